The van der Waals surface area contributed by atoms with Gasteiger partial charge in [-0.1, -0.05) is 29.8 Å². The molecule has 0 atom stereocenters. The first-order chi connectivity index (χ1) is 15.4. The number of nitrogens with one attached hydrogen (secondary N) is 2. The van der Waals surface area contributed by atoms with E-state index in [1.54, 1.807) is 0 Å². The van der Waals surface area contributed by atoms with E-state index in [1.165, 1.54) is 0 Å². The van der Waals surface area contributed by atoms with Gasteiger partial charge in [0.25, 0.3) is 11.8 Å². The number of hydrogen-bond acceptors (Lipinski definition) is 3. The molecule has 2 amide bonds. The summed E-state index contributed by atoms with van der Waals surface area (Å²) in [6, 6.07) is 5.77. The number of fused-ring (bicyclic) bond motifs is 2. The van der Waals surface area contributed by atoms with Crippen molar-refractivity contribution >= 4 is 45.1 Å². The van der Waals surface area contributed by atoms with Gasteiger partial charge in [-0.15, -0.1) is 0 Å². The quantitative estimate of drug-likeness (QED) is 0.567. The third-order valence-electron chi connectivity index (χ3n) is 6.61. The molecule has 1 aromatic heterocycles. The van der Waals surface area contributed by atoms with Gasteiger partial charge in [0, 0.05) is 46.7 Å². The molecule has 1 aromatic carbocycles. The van der Waals surface area contributed by atoms with Gasteiger partial charge in [-0.3, -0.25) is 9.59 Å². The van der Waals surface area contributed by atoms with Crippen molar-refractivity contribution in [2.45, 2.75) is 40.0 Å². The molecule has 170 valence electrons. The van der Waals surface area contributed by atoms with E-state index in [9.17, 15) is 9.59 Å². The second-order valence-electron chi connectivity index (χ2n) is 8.50. The summed E-state index contributed by atoms with van der Waals surface area (Å²) in [5.41, 5.74) is 5.83. The van der Waals surface area contributed by atoms with Crippen molar-refractivity contribution in [3.05, 3.63) is 50.8 Å². The summed E-state index contributed by atoms with van der Waals surface area (Å²) in [7, 11) is 0. The van der Waals surface area contributed by atoms with E-state index in [4.69, 9.17) is 0 Å². The van der Waals surface area contributed by atoms with Gasteiger partial charge in [0.05, 0.1) is 11.1 Å². The number of amides is 2. The summed E-state index contributed by atoms with van der Waals surface area (Å²) < 4.78 is 0.924. The maximum Gasteiger partial charge on any atom is 0.256 e. The van der Waals surface area contributed by atoms with Crippen LogP contribution >= 0.6 is 15.9 Å². The van der Waals surface area contributed by atoms with Gasteiger partial charge in [-0.05, 0) is 69.1 Å². The van der Waals surface area contributed by atoms with Gasteiger partial charge in [0.1, 0.15) is 0 Å². The lowest BCUT2D eigenvalue weighted by Crippen LogP contribution is -2.40. The minimum Gasteiger partial charge on any atom is -0.358 e. The number of aryl methyl sites for hydroxylation is 1. The molecular weight excluding hydrogens is 468 g/mol. The zero-order valence-corrected chi connectivity index (χ0v) is 20.6. The molecule has 2 N–H and O–H groups in total. The number of aromatic amines is 1. The molecule has 0 saturated carbocycles. The molecule has 2 aromatic rings. The average molecular weight is 499 g/mol. The number of carbonyl (C=O) groups is 2. The monoisotopic (exact) mass is 498 g/mol. The fourth-order valence-corrected chi connectivity index (χ4v) is 4.99. The highest BCUT2D eigenvalue weighted by molar-refractivity contribution is 9.10. The number of aromatic nitrogens is 1. The normalized spacial score (nSPS) is 17.4. The molecule has 3 heterocycles. The van der Waals surface area contributed by atoms with Crippen molar-refractivity contribution in [1.82, 2.24) is 14.8 Å². The first-order valence-corrected chi connectivity index (χ1v) is 12.3. The largest absolute Gasteiger partial charge is 0.358 e. The first-order valence-electron chi connectivity index (χ1n) is 11.5. The Kier molecular flexibility index (Phi) is 6.86. The van der Waals surface area contributed by atoms with Crippen LogP contribution in [0.4, 0.5) is 5.69 Å². The van der Waals surface area contributed by atoms with Gasteiger partial charge in [0.15, 0.2) is 0 Å². The zero-order valence-electron chi connectivity index (χ0n) is 19.1. The number of H-pyrrole nitrogens is 1. The van der Waals surface area contributed by atoms with Gasteiger partial charge in [0.2, 0.25) is 0 Å². The lowest BCUT2D eigenvalue weighted by atomic mass is 10.0. The van der Waals surface area contributed by atoms with Crippen LogP contribution < -0.4 is 5.32 Å². The number of anilines is 1. The fraction of sp³-hybridized carbons (Fsp3) is 0.440. The highest BCUT2D eigenvalue weighted by atomic mass is 79.9. The Balaban J connectivity index is 1.67. The van der Waals surface area contributed by atoms with Crippen LogP contribution in [0.15, 0.2) is 22.7 Å². The van der Waals surface area contributed by atoms with Crippen LogP contribution in [0.5, 0.6) is 0 Å². The summed E-state index contributed by atoms with van der Waals surface area (Å²) in [5.74, 6) is -0.0176. The van der Waals surface area contributed by atoms with E-state index >= 15 is 0 Å². The van der Waals surface area contributed by atoms with E-state index in [-0.39, 0.29) is 11.8 Å². The van der Waals surface area contributed by atoms with Crippen LogP contribution in [0.2, 0.25) is 0 Å². The number of benzene rings is 1. The van der Waals surface area contributed by atoms with Gasteiger partial charge in [-0.25, -0.2) is 0 Å². The third kappa shape index (κ3) is 4.41. The van der Waals surface area contributed by atoms with Gasteiger partial charge < -0.3 is 20.1 Å². The van der Waals surface area contributed by atoms with Crippen molar-refractivity contribution in [1.29, 1.82) is 0 Å². The van der Waals surface area contributed by atoms with Crippen LogP contribution in [-0.2, 0) is 11.2 Å². The second kappa shape index (κ2) is 9.63. The number of likely N-dealkylation sites (N-methyl/N-ethyl adjacent to an activating group) is 1. The molecule has 2 aliphatic rings. The lowest BCUT2D eigenvalue weighted by molar-refractivity contribution is -0.110. The molecule has 6 nitrogen and oxygen atoms in total. The molecular formula is C25H31BrN4O2. The van der Waals surface area contributed by atoms with E-state index in [0.29, 0.717) is 5.57 Å². The van der Waals surface area contributed by atoms with Gasteiger partial charge >= 0.3 is 0 Å². The minimum absolute atomic E-state index is 0.101. The van der Waals surface area contributed by atoms with E-state index in [0.717, 1.165) is 90.2 Å². The smallest absolute Gasteiger partial charge is 0.256 e. The Morgan fingerprint density at radius 3 is 2.72 bits per heavy atom. The molecule has 0 bridgehead atoms. The standard InChI is InChI=1S/C25H31BrN4O2/c1-4-29(5-2)12-13-30-11-7-6-8-21-23(25(30)32)16(3)22(27-21)15-19-18-14-17(26)9-10-20(18)28-24(19)31/h9-10,14-15,27H,4-8,11-13H2,1-3H3,(H,28,31)/b19-15-. The SMILES string of the molecule is CCN(CC)CCN1CCCCc2[nH]c(/C=C3\C(=O)Nc4ccc(Br)cc43)c(C)c2C1=O. The molecule has 2 aliphatic heterocycles. The topological polar surface area (TPSA) is 68.4 Å². The number of rotatable bonds is 6. The number of nitrogens with zero attached hydrogens (tertiary/aromatic N) is 2. The van der Waals surface area contributed by atoms with Crippen molar-refractivity contribution in [3.63, 3.8) is 0 Å². The molecule has 0 unspecified atom stereocenters. The highest BCUT2D eigenvalue weighted by Gasteiger charge is 2.28. The van der Waals surface area contributed by atoms with Crippen LogP contribution in [-0.4, -0.2) is 59.3 Å². The minimum atomic E-state index is -0.119. The molecule has 7 heteroatoms. The highest BCUT2D eigenvalue weighted by Crippen LogP contribution is 2.36. The van der Waals surface area contributed by atoms with Crippen LogP contribution in [0.25, 0.3) is 11.6 Å². The van der Waals surface area contributed by atoms with Gasteiger partial charge in [-0.2, -0.15) is 0 Å². The maximum absolute atomic E-state index is 13.5. The Morgan fingerprint density at radius 2 is 1.97 bits per heavy atom. The number of hydrogen-bond donors (Lipinski definition) is 2. The Hall–Kier alpha value is -2.38. The molecule has 4 rings (SSSR count). The van der Waals surface area contributed by atoms with E-state index < -0.39 is 0 Å². The molecule has 0 spiro atoms. The Bertz CT molecular complexity index is 1070. The summed E-state index contributed by atoms with van der Waals surface area (Å²) >= 11 is 3.50. The van der Waals surface area contributed by atoms with Crippen molar-refractivity contribution in [3.8, 4) is 0 Å². The van der Waals surface area contributed by atoms with Crippen molar-refractivity contribution in [2.24, 2.45) is 0 Å². The van der Waals surface area contributed by atoms with Crippen LogP contribution in [0, 0.1) is 6.92 Å². The molecule has 32 heavy (non-hydrogen) atoms. The number of halogens is 1. The third-order valence-corrected chi connectivity index (χ3v) is 7.10. The summed E-state index contributed by atoms with van der Waals surface area (Å²) in [5, 5.41) is 2.93. The second-order valence-corrected chi connectivity index (χ2v) is 9.41. The molecule has 0 fully saturated rings. The van der Waals surface area contributed by atoms with Crippen LogP contribution in [0.3, 0.4) is 0 Å². The predicted molar refractivity (Wildman–Crippen MR) is 133 cm³/mol. The lowest BCUT2D eigenvalue weighted by Gasteiger charge is -2.28. The summed E-state index contributed by atoms with van der Waals surface area (Å²) in [4.78, 5) is 34.0. The average Bonchev–Trinajstić information content (AvgIpc) is 3.24. The Labute approximate surface area is 198 Å². The summed E-state index contributed by atoms with van der Waals surface area (Å²) in [6.45, 7) is 10.7. The van der Waals surface area contributed by atoms with Crippen molar-refractivity contribution in [2.75, 3.05) is 38.0 Å². The maximum atomic E-state index is 13.5. The van der Waals surface area contributed by atoms with E-state index in [2.05, 4.69) is 45.0 Å². The summed E-state index contributed by atoms with van der Waals surface area (Å²) in [6.07, 6.45) is 4.78. The molecule has 0 saturated heterocycles. The first kappa shape index (κ1) is 22.8. The number of carbonyl (C=O) groups excluding carboxylic acids is 2. The zero-order chi connectivity index (χ0) is 22.8. The fourth-order valence-electron chi connectivity index (χ4n) is 4.63. The molecule has 0 radical (unpaired) electrons. The molecule has 0 aliphatic carbocycles. The Morgan fingerprint density at radius 1 is 1.19 bits per heavy atom. The predicted octanol–water partition coefficient (Wildman–Crippen LogP) is 4.70. The van der Waals surface area contributed by atoms with Crippen molar-refractivity contribution < 1.29 is 9.59 Å². The van der Waals surface area contributed by atoms with E-state index in [1.807, 2.05) is 36.1 Å². The van der Waals surface area contributed by atoms with Crippen LogP contribution in [0.1, 0.15) is 59.6 Å².